The van der Waals surface area contributed by atoms with Gasteiger partial charge in [-0.25, -0.2) is 4.79 Å². The van der Waals surface area contributed by atoms with Crippen LogP contribution in [0.15, 0.2) is 50.7 Å². The summed E-state index contributed by atoms with van der Waals surface area (Å²) < 4.78 is 16.2. The largest absolute Gasteiger partial charge is 0.504 e. The summed E-state index contributed by atoms with van der Waals surface area (Å²) in [6.07, 6.45) is 6.42. The first-order chi connectivity index (χ1) is 13.4. The Morgan fingerprint density at radius 1 is 1.18 bits per heavy atom. The number of ether oxygens (including phenoxy) is 2. The minimum Gasteiger partial charge on any atom is -0.504 e. The maximum Gasteiger partial charge on any atom is 0.383 e. The lowest BCUT2D eigenvalue weighted by Gasteiger charge is -2.09. The van der Waals surface area contributed by atoms with Gasteiger partial charge >= 0.3 is 5.63 Å². The van der Waals surface area contributed by atoms with Crippen molar-refractivity contribution in [1.29, 1.82) is 0 Å². The lowest BCUT2D eigenvalue weighted by atomic mass is 10.1. The van der Waals surface area contributed by atoms with Crippen molar-refractivity contribution in [2.45, 2.75) is 40.0 Å². The summed E-state index contributed by atoms with van der Waals surface area (Å²) in [6, 6.07) is 4.80. The Kier molecular flexibility index (Phi) is 8.14. The molecule has 6 nitrogen and oxygen atoms in total. The Morgan fingerprint density at radius 2 is 1.96 bits per heavy atom. The van der Waals surface area contributed by atoms with Gasteiger partial charge < -0.3 is 24.1 Å². The normalized spacial score (nSPS) is 11.5. The molecule has 0 bridgehead atoms. The summed E-state index contributed by atoms with van der Waals surface area (Å²) in [6.45, 7) is 6.68. The molecule has 0 radical (unpaired) electrons. The van der Waals surface area contributed by atoms with Crippen molar-refractivity contribution in [2.75, 3.05) is 19.8 Å². The maximum atomic E-state index is 12.2. The highest BCUT2D eigenvalue weighted by Crippen LogP contribution is 2.33. The van der Waals surface area contributed by atoms with E-state index in [2.05, 4.69) is 19.9 Å². The molecule has 0 amide bonds. The Morgan fingerprint density at radius 3 is 2.68 bits per heavy atom. The fraction of sp³-hybridized carbons (Fsp3) is 0.409. The number of benzene rings is 1. The average Bonchev–Trinajstić information content (AvgIpc) is 2.64. The second-order valence-corrected chi connectivity index (χ2v) is 6.83. The van der Waals surface area contributed by atoms with Crippen LogP contribution in [0.4, 0.5) is 0 Å². The number of aliphatic hydroxyl groups excluding tert-OH is 1. The average molecular weight is 388 g/mol. The maximum absolute atomic E-state index is 12.2. The van der Waals surface area contributed by atoms with Gasteiger partial charge in [0.05, 0.1) is 12.0 Å². The fourth-order valence-electron chi connectivity index (χ4n) is 2.58. The highest BCUT2D eigenvalue weighted by Gasteiger charge is 2.15. The highest BCUT2D eigenvalue weighted by molar-refractivity contribution is 5.86. The van der Waals surface area contributed by atoms with Crippen LogP contribution in [0, 0.1) is 0 Å². The molecule has 2 aromatic rings. The van der Waals surface area contributed by atoms with Crippen LogP contribution in [-0.2, 0) is 0 Å². The number of rotatable bonds is 10. The number of hydrogen-bond acceptors (Lipinski definition) is 6. The number of fused-ring (bicyclic) bond motifs is 1. The first-order valence-electron chi connectivity index (χ1n) is 9.37. The summed E-state index contributed by atoms with van der Waals surface area (Å²) in [7, 11) is 0. The Bertz CT molecular complexity index is 903. The van der Waals surface area contributed by atoms with Crippen LogP contribution < -0.4 is 15.1 Å². The number of hydrogen-bond donors (Lipinski definition) is 2. The second kappa shape index (κ2) is 10.6. The first kappa shape index (κ1) is 21.6. The lowest BCUT2D eigenvalue weighted by Crippen LogP contribution is -2.08. The van der Waals surface area contributed by atoms with Crippen molar-refractivity contribution < 1.29 is 24.1 Å². The summed E-state index contributed by atoms with van der Waals surface area (Å²) >= 11 is 0. The van der Waals surface area contributed by atoms with E-state index in [1.807, 2.05) is 13.0 Å². The van der Waals surface area contributed by atoms with Crippen LogP contribution in [0.25, 0.3) is 11.0 Å². The third kappa shape index (κ3) is 6.16. The van der Waals surface area contributed by atoms with Crippen molar-refractivity contribution >= 4 is 11.0 Å². The Hall–Kier alpha value is -2.73. The molecule has 0 atom stereocenters. The van der Waals surface area contributed by atoms with Crippen LogP contribution in [0.5, 0.6) is 17.2 Å². The molecule has 6 heteroatoms. The van der Waals surface area contributed by atoms with E-state index in [0.29, 0.717) is 24.2 Å². The van der Waals surface area contributed by atoms with E-state index >= 15 is 0 Å². The summed E-state index contributed by atoms with van der Waals surface area (Å²) in [5, 5.41) is 19.6. The predicted octanol–water partition coefficient (Wildman–Crippen LogP) is 4.33. The molecule has 1 aromatic heterocycles. The highest BCUT2D eigenvalue weighted by atomic mass is 16.5. The van der Waals surface area contributed by atoms with E-state index < -0.39 is 5.63 Å². The van der Waals surface area contributed by atoms with E-state index in [1.54, 1.807) is 12.1 Å². The third-order valence-electron chi connectivity index (χ3n) is 4.13. The van der Waals surface area contributed by atoms with Crippen LogP contribution in [0.3, 0.4) is 0 Å². The molecule has 28 heavy (non-hydrogen) atoms. The van der Waals surface area contributed by atoms with Gasteiger partial charge in [0.15, 0.2) is 5.75 Å². The number of aliphatic hydroxyl groups is 1. The molecule has 0 saturated heterocycles. The quantitative estimate of drug-likeness (QED) is 0.358. The van der Waals surface area contributed by atoms with Crippen LogP contribution >= 0.6 is 0 Å². The molecule has 2 rings (SSSR count). The van der Waals surface area contributed by atoms with Crippen molar-refractivity contribution in [3.8, 4) is 17.2 Å². The summed E-state index contributed by atoms with van der Waals surface area (Å²) in [4.78, 5) is 12.2. The van der Waals surface area contributed by atoms with Crippen molar-refractivity contribution in [1.82, 2.24) is 0 Å². The van der Waals surface area contributed by atoms with Gasteiger partial charge in [-0.1, -0.05) is 17.2 Å². The van der Waals surface area contributed by atoms with Gasteiger partial charge in [-0.2, -0.15) is 0 Å². The van der Waals surface area contributed by atoms with Gasteiger partial charge in [0.2, 0.25) is 5.75 Å². The van der Waals surface area contributed by atoms with Crippen molar-refractivity contribution in [3.63, 3.8) is 0 Å². The molecule has 2 N–H and O–H groups in total. The van der Waals surface area contributed by atoms with Crippen molar-refractivity contribution in [2.24, 2.45) is 0 Å². The minimum absolute atomic E-state index is 0.0347. The van der Waals surface area contributed by atoms with Gasteiger partial charge in [0.1, 0.15) is 17.9 Å². The zero-order valence-corrected chi connectivity index (χ0v) is 16.7. The van der Waals surface area contributed by atoms with Crippen molar-refractivity contribution in [3.05, 3.63) is 51.9 Å². The lowest BCUT2D eigenvalue weighted by molar-refractivity contribution is 0.233. The Labute approximate surface area is 164 Å². The summed E-state index contributed by atoms with van der Waals surface area (Å²) in [5.41, 5.74) is 1.90. The number of aromatic hydroxyl groups is 1. The monoisotopic (exact) mass is 388 g/mol. The third-order valence-corrected chi connectivity index (χ3v) is 4.13. The number of allylic oxidation sites excluding steroid dienone is 3. The van der Waals surface area contributed by atoms with Gasteiger partial charge in [0.25, 0.3) is 0 Å². The standard InChI is InChI=1S/C22H28O6/c1-15(2)6-4-7-16(3)10-13-27-21-20(24)18-9-8-17(26-12-5-11-23)14-19(18)28-22(21)25/h6,8-10,14,23-24H,4-5,7,11-13H2,1-3H3/b16-10+. The minimum atomic E-state index is -0.742. The van der Waals surface area contributed by atoms with E-state index in [-0.39, 0.29) is 30.3 Å². The van der Waals surface area contributed by atoms with E-state index in [9.17, 15) is 9.90 Å². The molecule has 0 aliphatic rings. The van der Waals surface area contributed by atoms with E-state index in [0.717, 1.165) is 18.4 Å². The molecule has 1 aromatic carbocycles. The molecule has 0 fully saturated rings. The zero-order valence-electron chi connectivity index (χ0n) is 16.7. The molecule has 152 valence electrons. The molecule has 0 aliphatic heterocycles. The van der Waals surface area contributed by atoms with E-state index in [1.165, 1.54) is 11.6 Å². The molecular formula is C22H28O6. The molecular weight excluding hydrogens is 360 g/mol. The van der Waals surface area contributed by atoms with Crippen LogP contribution in [0.1, 0.15) is 40.0 Å². The fourth-order valence-corrected chi connectivity index (χ4v) is 2.58. The van der Waals surface area contributed by atoms with Crippen LogP contribution in [0.2, 0.25) is 0 Å². The van der Waals surface area contributed by atoms with Crippen LogP contribution in [-0.4, -0.2) is 30.0 Å². The van der Waals surface area contributed by atoms with E-state index in [4.69, 9.17) is 19.0 Å². The molecule has 0 saturated carbocycles. The smallest absolute Gasteiger partial charge is 0.383 e. The molecule has 0 unspecified atom stereocenters. The first-order valence-corrected chi connectivity index (χ1v) is 9.37. The van der Waals surface area contributed by atoms with Gasteiger partial charge in [0, 0.05) is 19.1 Å². The topological polar surface area (TPSA) is 89.1 Å². The second-order valence-electron chi connectivity index (χ2n) is 6.83. The summed E-state index contributed by atoms with van der Waals surface area (Å²) in [5.74, 6) is 0.0469. The zero-order chi connectivity index (χ0) is 20.5. The molecule has 0 spiro atoms. The predicted molar refractivity (Wildman–Crippen MR) is 109 cm³/mol. The van der Waals surface area contributed by atoms with Gasteiger partial charge in [-0.15, -0.1) is 0 Å². The van der Waals surface area contributed by atoms with Gasteiger partial charge in [-0.05, 0) is 51.8 Å². The van der Waals surface area contributed by atoms with Gasteiger partial charge in [-0.3, -0.25) is 0 Å². The Balaban J connectivity index is 2.10. The molecule has 0 aliphatic carbocycles. The SMILES string of the molecule is CC(C)=CCC/C(C)=C/COc1c(O)c2ccc(OCCCO)cc2oc1=O. The molecule has 1 heterocycles.